The Morgan fingerprint density at radius 2 is 1.59 bits per heavy atom. The Balaban J connectivity index is 1.57. The fourth-order valence-corrected chi connectivity index (χ4v) is 2.58. The molecule has 7 nitrogen and oxygen atoms in total. The average molecular weight is 370 g/mol. The lowest BCUT2D eigenvalue weighted by molar-refractivity contribution is -0.153. The molecule has 3 rings (SSSR count). The fourth-order valence-electron chi connectivity index (χ4n) is 2.58. The number of hydrogen-bond acceptors (Lipinski definition) is 5. The Morgan fingerprint density at radius 3 is 2.15 bits per heavy atom. The summed E-state index contributed by atoms with van der Waals surface area (Å²) in [7, 11) is 0. The molecular formula is C19H15FN2O5. The largest absolute Gasteiger partial charge is 0.451 e. The van der Waals surface area contributed by atoms with Crippen molar-refractivity contribution in [3.8, 4) is 0 Å². The molecular weight excluding hydrogens is 355 g/mol. The van der Waals surface area contributed by atoms with Gasteiger partial charge in [0.05, 0.1) is 11.1 Å². The summed E-state index contributed by atoms with van der Waals surface area (Å²) in [6, 6.07) is 11.3. The van der Waals surface area contributed by atoms with Crippen molar-refractivity contribution < 1.29 is 28.3 Å². The van der Waals surface area contributed by atoms with Gasteiger partial charge >= 0.3 is 5.97 Å². The minimum atomic E-state index is -1.17. The molecule has 0 saturated carbocycles. The van der Waals surface area contributed by atoms with Gasteiger partial charge < -0.3 is 10.1 Å². The number of fused-ring (bicyclic) bond motifs is 1. The van der Waals surface area contributed by atoms with Gasteiger partial charge in [0.2, 0.25) is 0 Å². The molecule has 3 amide bonds. The number of carbonyl (C=O) groups is 4. The third-order valence-corrected chi connectivity index (χ3v) is 3.95. The molecule has 0 bridgehead atoms. The summed E-state index contributed by atoms with van der Waals surface area (Å²) in [5.41, 5.74) is 0.777. The molecule has 138 valence electrons. The highest BCUT2D eigenvalue weighted by Gasteiger charge is 2.37. The van der Waals surface area contributed by atoms with Crippen LogP contribution in [-0.4, -0.2) is 41.2 Å². The number of nitrogens with zero attached hydrogens (tertiary/aromatic N) is 1. The van der Waals surface area contributed by atoms with Crippen LogP contribution in [0.4, 0.5) is 10.1 Å². The number of halogens is 1. The predicted molar refractivity (Wildman–Crippen MR) is 92.4 cm³/mol. The van der Waals surface area contributed by atoms with Crippen LogP contribution in [0.15, 0.2) is 48.5 Å². The average Bonchev–Trinajstić information content (AvgIpc) is 2.89. The van der Waals surface area contributed by atoms with Gasteiger partial charge in [-0.15, -0.1) is 0 Å². The summed E-state index contributed by atoms with van der Waals surface area (Å²) >= 11 is 0. The topological polar surface area (TPSA) is 92.8 Å². The summed E-state index contributed by atoms with van der Waals surface area (Å²) in [4.78, 5) is 49.3. The molecule has 2 aromatic carbocycles. The van der Waals surface area contributed by atoms with Gasteiger partial charge in [0.15, 0.2) is 6.10 Å². The number of anilines is 1. The first-order valence-corrected chi connectivity index (χ1v) is 8.08. The van der Waals surface area contributed by atoms with Gasteiger partial charge in [0.25, 0.3) is 17.7 Å². The van der Waals surface area contributed by atoms with Gasteiger partial charge in [-0.25, -0.2) is 4.39 Å². The normalized spacial score (nSPS) is 13.9. The van der Waals surface area contributed by atoms with Crippen molar-refractivity contribution in [3.05, 3.63) is 65.5 Å². The van der Waals surface area contributed by atoms with E-state index in [1.807, 2.05) is 0 Å². The number of nitrogens with one attached hydrogen (secondary N) is 1. The van der Waals surface area contributed by atoms with Crippen LogP contribution in [0.2, 0.25) is 0 Å². The Morgan fingerprint density at radius 1 is 1.04 bits per heavy atom. The summed E-state index contributed by atoms with van der Waals surface area (Å²) in [5.74, 6) is -3.15. The number of esters is 1. The third kappa shape index (κ3) is 3.84. The van der Waals surface area contributed by atoms with E-state index >= 15 is 0 Å². The number of rotatable bonds is 5. The van der Waals surface area contributed by atoms with E-state index in [0.717, 1.165) is 4.90 Å². The van der Waals surface area contributed by atoms with Gasteiger partial charge in [-0.2, -0.15) is 0 Å². The first-order valence-electron chi connectivity index (χ1n) is 8.08. The molecule has 0 aliphatic carbocycles. The molecule has 0 fully saturated rings. The molecule has 2 aromatic rings. The van der Waals surface area contributed by atoms with Crippen molar-refractivity contribution in [2.24, 2.45) is 0 Å². The van der Waals surface area contributed by atoms with Crippen LogP contribution >= 0.6 is 0 Å². The Bertz CT molecular complexity index is 891. The lowest BCUT2D eigenvalue weighted by Crippen LogP contribution is -2.38. The highest BCUT2D eigenvalue weighted by Crippen LogP contribution is 2.22. The van der Waals surface area contributed by atoms with Crippen molar-refractivity contribution in [1.82, 2.24) is 4.90 Å². The molecule has 0 radical (unpaired) electrons. The maximum absolute atomic E-state index is 12.9. The molecule has 1 heterocycles. The van der Waals surface area contributed by atoms with Crippen molar-refractivity contribution in [2.45, 2.75) is 13.0 Å². The van der Waals surface area contributed by atoms with E-state index in [0.29, 0.717) is 5.69 Å². The Kier molecular flexibility index (Phi) is 4.98. The number of ether oxygens (including phenoxy) is 1. The molecule has 8 heteroatoms. The predicted octanol–water partition coefficient (Wildman–Crippen LogP) is 1.99. The Hall–Kier alpha value is -3.55. The van der Waals surface area contributed by atoms with Crippen LogP contribution in [0.3, 0.4) is 0 Å². The van der Waals surface area contributed by atoms with E-state index in [2.05, 4.69) is 5.32 Å². The molecule has 0 saturated heterocycles. The van der Waals surface area contributed by atoms with Crippen LogP contribution in [0.5, 0.6) is 0 Å². The molecule has 1 aliphatic heterocycles. The van der Waals surface area contributed by atoms with E-state index in [9.17, 15) is 23.6 Å². The highest BCUT2D eigenvalue weighted by atomic mass is 19.1. The lowest BCUT2D eigenvalue weighted by Gasteiger charge is -2.16. The molecule has 0 spiro atoms. The first kappa shape index (κ1) is 18.2. The van der Waals surface area contributed by atoms with E-state index < -0.39 is 42.2 Å². The monoisotopic (exact) mass is 370 g/mol. The van der Waals surface area contributed by atoms with Gasteiger partial charge in [-0.3, -0.25) is 24.1 Å². The summed E-state index contributed by atoms with van der Waals surface area (Å²) in [6.45, 7) is 0.750. The van der Waals surface area contributed by atoms with Gasteiger partial charge in [0, 0.05) is 5.69 Å². The summed E-state index contributed by atoms with van der Waals surface area (Å²) in [5, 5.41) is 2.47. The number of imide groups is 1. The molecule has 0 aromatic heterocycles. The van der Waals surface area contributed by atoms with E-state index in [-0.39, 0.29) is 11.1 Å². The van der Waals surface area contributed by atoms with Crippen LogP contribution in [0.25, 0.3) is 0 Å². The SMILES string of the molecule is C[C@H](OC(=O)CN1C(=O)c2ccccc2C1=O)C(=O)Nc1ccc(F)cc1. The summed E-state index contributed by atoms with van der Waals surface area (Å²) < 4.78 is 17.9. The van der Waals surface area contributed by atoms with Crippen LogP contribution < -0.4 is 5.32 Å². The maximum Gasteiger partial charge on any atom is 0.326 e. The Labute approximate surface area is 153 Å². The number of amides is 3. The number of hydrogen-bond donors (Lipinski definition) is 1. The molecule has 1 aliphatic rings. The van der Waals surface area contributed by atoms with E-state index in [1.54, 1.807) is 12.1 Å². The zero-order valence-electron chi connectivity index (χ0n) is 14.3. The third-order valence-electron chi connectivity index (χ3n) is 3.95. The molecule has 0 unspecified atom stereocenters. The second-order valence-corrected chi connectivity index (χ2v) is 5.87. The highest BCUT2D eigenvalue weighted by molar-refractivity contribution is 6.22. The van der Waals surface area contributed by atoms with Crippen LogP contribution in [-0.2, 0) is 14.3 Å². The second kappa shape index (κ2) is 7.36. The standard InChI is InChI=1S/C19H15FN2O5/c1-11(17(24)21-13-8-6-12(20)7-9-13)27-16(23)10-22-18(25)14-4-2-3-5-15(14)19(22)26/h2-9,11H,10H2,1H3,(H,21,24)/t11-/m0/s1. The maximum atomic E-state index is 12.9. The van der Waals surface area contributed by atoms with Crippen molar-refractivity contribution >= 4 is 29.4 Å². The van der Waals surface area contributed by atoms with Gasteiger partial charge in [0.1, 0.15) is 12.4 Å². The minimum absolute atomic E-state index is 0.220. The fraction of sp³-hybridized carbons (Fsp3) is 0.158. The van der Waals surface area contributed by atoms with Crippen molar-refractivity contribution in [2.75, 3.05) is 11.9 Å². The molecule has 1 atom stereocenters. The number of carbonyl (C=O) groups excluding carboxylic acids is 4. The van der Waals surface area contributed by atoms with Crippen molar-refractivity contribution in [3.63, 3.8) is 0 Å². The molecule has 1 N–H and O–H groups in total. The van der Waals surface area contributed by atoms with Crippen molar-refractivity contribution in [1.29, 1.82) is 0 Å². The zero-order valence-corrected chi connectivity index (χ0v) is 14.3. The smallest absolute Gasteiger partial charge is 0.326 e. The molecule has 27 heavy (non-hydrogen) atoms. The van der Waals surface area contributed by atoms with Crippen LogP contribution in [0.1, 0.15) is 27.6 Å². The zero-order chi connectivity index (χ0) is 19.6. The lowest BCUT2D eigenvalue weighted by atomic mass is 10.1. The first-order chi connectivity index (χ1) is 12.9. The van der Waals surface area contributed by atoms with Gasteiger partial charge in [-0.1, -0.05) is 12.1 Å². The number of benzene rings is 2. The van der Waals surface area contributed by atoms with E-state index in [1.165, 1.54) is 43.3 Å². The second-order valence-electron chi connectivity index (χ2n) is 5.87. The van der Waals surface area contributed by atoms with Crippen LogP contribution in [0, 0.1) is 5.82 Å². The quantitative estimate of drug-likeness (QED) is 0.642. The summed E-state index contributed by atoms with van der Waals surface area (Å²) in [6.07, 6.45) is -1.17. The van der Waals surface area contributed by atoms with E-state index in [4.69, 9.17) is 4.74 Å². The minimum Gasteiger partial charge on any atom is -0.451 e. The van der Waals surface area contributed by atoms with Gasteiger partial charge in [-0.05, 0) is 43.3 Å².